The maximum Gasteiger partial charge on any atom is 0.248 e. The summed E-state index contributed by atoms with van der Waals surface area (Å²) in [5, 5.41) is 3.87. The molecule has 1 amide bonds. The van der Waals surface area contributed by atoms with Crippen LogP contribution in [0.5, 0.6) is 23.0 Å². The van der Waals surface area contributed by atoms with Gasteiger partial charge in [0.15, 0.2) is 11.5 Å². The smallest absolute Gasteiger partial charge is 0.248 e. The summed E-state index contributed by atoms with van der Waals surface area (Å²) >= 11 is 0. The molecule has 170 valence electrons. The van der Waals surface area contributed by atoms with Crippen LogP contribution in [0, 0.1) is 20.8 Å². The third-order valence-electron chi connectivity index (χ3n) is 5.56. The molecule has 0 saturated heterocycles. The van der Waals surface area contributed by atoms with E-state index in [2.05, 4.69) is 5.32 Å². The highest BCUT2D eigenvalue weighted by atomic mass is 16.5. The molecule has 3 rings (SSSR count). The number of methoxy groups -OCH3 is 4. The SMILES string of the molecule is COc1cc(NC(=O)/C=C(\C)c2cc3c(C)c(C)oc3c(C)c2OC)cc(OC)c1OC. The number of aryl methyl sites for hydroxylation is 3. The van der Waals surface area contributed by atoms with Gasteiger partial charge in [0.1, 0.15) is 17.1 Å². The van der Waals surface area contributed by atoms with Crippen molar-refractivity contribution in [2.75, 3.05) is 33.8 Å². The zero-order valence-electron chi connectivity index (χ0n) is 19.8. The van der Waals surface area contributed by atoms with Crippen molar-refractivity contribution in [3.05, 3.63) is 46.7 Å². The molecule has 32 heavy (non-hydrogen) atoms. The highest BCUT2D eigenvalue weighted by Crippen LogP contribution is 2.41. The van der Waals surface area contributed by atoms with Gasteiger partial charge in [-0.2, -0.15) is 0 Å². The Hall–Kier alpha value is -3.61. The van der Waals surface area contributed by atoms with Gasteiger partial charge in [0, 0.05) is 40.4 Å². The maximum atomic E-state index is 12.8. The van der Waals surface area contributed by atoms with Gasteiger partial charge in [0.05, 0.1) is 28.4 Å². The van der Waals surface area contributed by atoms with E-state index in [9.17, 15) is 4.79 Å². The first kappa shape index (κ1) is 23.1. The van der Waals surface area contributed by atoms with Crippen LogP contribution in [-0.4, -0.2) is 34.3 Å². The molecule has 7 heteroatoms. The van der Waals surface area contributed by atoms with Crippen LogP contribution in [0.1, 0.15) is 29.4 Å². The number of ether oxygens (including phenoxy) is 4. The molecule has 0 spiro atoms. The summed E-state index contributed by atoms with van der Waals surface area (Å²) in [6, 6.07) is 5.36. The second-order valence-corrected chi connectivity index (χ2v) is 7.47. The van der Waals surface area contributed by atoms with E-state index in [0.717, 1.165) is 39.0 Å². The summed E-state index contributed by atoms with van der Waals surface area (Å²) in [5.41, 5.74) is 4.89. The summed E-state index contributed by atoms with van der Waals surface area (Å²) in [4.78, 5) is 12.8. The molecule has 0 radical (unpaired) electrons. The normalized spacial score (nSPS) is 11.4. The van der Waals surface area contributed by atoms with Crippen molar-refractivity contribution in [1.82, 2.24) is 0 Å². The fourth-order valence-corrected chi connectivity index (χ4v) is 3.77. The topological polar surface area (TPSA) is 79.2 Å². The number of furan rings is 1. The molecule has 0 atom stereocenters. The van der Waals surface area contributed by atoms with Gasteiger partial charge in [-0.15, -0.1) is 0 Å². The van der Waals surface area contributed by atoms with Crippen LogP contribution in [0.25, 0.3) is 16.5 Å². The summed E-state index contributed by atoms with van der Waals surface area (Å²) in [6.45, 7) is 7.79. The van der Waals surface area contributed by atoms with E-state index < -0.39 is 0 Å². The Morgan fingerprint density at radius 3 is 2.00 bits per heavy atom. The number of hydrogen-bond acceptors (Lipinski definition) is 6. The fourth-order valence-electron chi connectivity index (χ4n) is 3.77. The predicted octanol–water partition coefficient (Wildman–Crippen LogP) is 5.43. The zero-order valence-corrected chi connectivity index (χ0v) is 19.8. The molecular weight excluding hydrogens is 410 g/mol. The third-order valence-corrected chi connectivity index (χ3v) is 5.56. The van der Waals surface area contributed by atoms with Gasteiger partial charge in [-0.3, -0.25) is 4.79 Å². The Bertz CT molecular complexity index is 1180. The quantitative estimate of drug-likeness (QED) is 0.494. The van der Waals surface area contributed by atoms with E-state index in [0.29, 0.717) is 28.7 Å². The summed E-state index contributed by atoms with van der Waals surface area (Å²) in [7, 11) is 6.19. The minimum Gasteiger partial charge on any atom is -0.496 e. The fraction of sp³-hybridized carbons (Fsp3) is 0.320. The molecule has 1 N–H and O–H groups in total. The molecule has 0 fully saturated rings. The molecule has 0 unspecified atom stereocenters. The van der Waals surface area contributed by atoms with Crippen molar-refractivity contribution in [3.8, 4) is 23.0 Å². The number of hydrogen-bond donors (Lipinski definition) is 1. The lowest BCUT2D eigenvalue weighted by Gasteiger charge is -2.15. The predicted molar refractivity (Wildman–Crippen MR) is 125 cm³/mol. The third kappa shape index (κ3) is 4.10. The van der Waals surface area contributed by atoms with Crippen LogP contribution in [0.2, 0.25) is 0 Å². The van der Waals surface area contributed by atoms with Crippen molar-refractivity contribution in [1.29, 1.82) is 0 Å². The van der Waals surface area contributed by atoms with Crippen molar-refractivity contribution in [2.24, 2.45) is 0 Å². The molecule has 1 heterocycles. The van der Waals surface area contributed by atoms with E-state index in [-0.39, 0.29) is 5.91 Å². The standard InChI is InChI=1S/C25H29NO6/c1-13(18-12-19-14(2)16(4)32-24(19)15(3)23(18)30-7)9-22(27)26-17-10-20(28-5)25(31-8)21(11-17)29-6/h9-12H,1-8H3,(H,26,27)/b13-9+. The number of amides is 1. The number of carbonyl (C=O) groups excluding carboxylic acids is 1. The van der Waals surface area contributed by atoms with Crippen LogP contribution in [0.15, 0.2) is 28.7 Å². The number of allylic oxidation sites excluding steroid dienone is 1. The minimum atomic E-state index is -0.295. The average Bonchev–Trinajstić information content (AvgIpc) is 3.06. The van der Waals surface area contributed by atoms with Crippen LogP contribution in [0.3, 0.4) is 0 Å². The first-order chi connectivity index (χ1) is 15.2. The maximum absolute atomic E-state index is 12.8. The van der Waals surface area contributed by atoms with Gasteiger partial charge < -0.3 is 28.7 Å². The highest BCUT2D eigenvalue weighted by molar-refractivity contribution is 6.05. The van der Waals surface area contributed by atoms with Gasteiger partial charge in [-0.05, 0) is 44.9 Å². The Kier molecular flexibility index (Phi) is 6.67. The number of nitrogens with one attached hydrogen (secondary N) is 1. The summed E-state index contributed by atoms with van der Waals surface area (Å²) in [6.07, 6.45) is 1.54. The van der Waals surface area contributed by atoms with E-state index in [4.69, 9.17) is 23.4 Å². The average molecular weight is 440 g/mol. The second-order valence-electron chi connectivity index (χ2n) is 7.47. The lowest BCUT2D eigenvalue weighted by atomic mass is 9.98. The van der Waals surface area contributed by atoms with E-state index >= 15 is 0 Å². The molecule has 2 aromatic carbocycles. The van der Waals surface area contributed by atoms with Crippen molar-refractivity contribution in [3.63, 3.8) is 0 Å². The Morgan fingerprint density at radius 1 is 0.875 bits per heavy atom. The van der Waals surface area contributed by atoms with Gasteiger partial charge in [-0.25, -0.2) is 0 Å². The van der Waals surface area contributed by atoms with E-state index in [1.54, 1.807) is 19.2 Å². The first-order valence-corrected chi connectivity index (χ1v) is 10.1. The molecular formula is C25H29NO6. The lowest BCUT2D eigenvalue weighted by Crippen LogP contribution is -2.09. The second kappa shape index (κ2) is 9.26. The van der Waals surface area contributed by atoms with Crippen molar-refractivity contribution < 1.29 is 28.2 Å². The molecule has 0 bridgehead atoms. The van der Waals surface area contributed by atoms with Crippen LogP contribution < -0.4 is 24.3 Å². The number of fused-ring (bicyclic) bond motifs is 1. The van der Waals surface area contributed by atoms with Gasteiger partial charge in [0.2, 0.25) is 11.7 Å². The molecule has 0 aliphatic heterocycles. The monoisotopic (exact) mass is 439 g/mol. The largest absolute Gasteiger partial charge is 0.496 e. The Morgan fingerprint density at radius 2 is 1.47 bits per heavy atom. The summed E-state index contributed by atoms with van der Waals surface area (Å²) < 4.78 is 27.6. The summed E-state index contributed by atoms with van der Waals surface area (Å²) in [5.74, 6) is 2.62. The highest BCUT2D eigenvalue weighted by Gasteiger charge is 2.19. The van der Waals surface area contributed by atoms with Crippen molar-refractivity contribution >= 4 is 28.1 Å². The van der Waals surface area contributed by atoms with Gasteiger partial charge in [0.25, 0.3) is 0 Å². The van der Waals surface area contributed by atoms with Crippen LogP contribution in [-0.2, 0) is 4.79 Å². The van der Waals surface area contributed by atoms with Gasteiger partial charge >= 0.3 is 0 Å². The molecule has 0 saturated carbocycles. The molecule has 0 aliphatic carbocycles. The Labute approximate surface area is 187 Å². The van der Waals surface area contributed by atoms with Crippen molar-refractivity contribution in [2.45, 2.75) is 27.7 Å². The first-order valence-electron chi connectivity index (χ1n) is 10.1. The van der Waals surface area contributed by atoms with Crippen LogP contribution >= 0.6 is 0 Å². The van der Waals surface area contributed by atoms with E-state index in [1.807, 2.05) is 33.8 Å². The number of carbonyl (C=O) groups is 1. The van der Waals surface area contributed by atoms with Gasteiger partial charge in [-0.1, -0.05) is 0 Å². The molecule has 7 nitrogen and oxygen atoms in total. The Balaban J connectivity index is 1.98. The minimum absolute atomic E-state index is 0.295. The number of anilines is 1. The molecule has 0 aliphatic rings. The lowest BCUT2D eigenvalue weighted by molar-refractivity contribution is -0.111. The molecule has 3 aromatic rings. The zero-order chi connectivity index (χ0) is 23.6. The number of rotatable bonds is 7. The number of benzene rings is 2. The van der Waals surface area contributed by atoms with E-state index in [1.165, 1.54) is 27.4 Å². The van der Waals surface area contributed by atoms with Crippen LogP contribution in [0.4, 0.5) is 5.69 Å². The molecule has 1 aromatic heterocycles.